The maximum Gasteiger partial charge on any atom is 0.511 e. The van der Waals surface area contributed by atoms with Gasteiger partial charge in [0, 0.05) is 0 Å². The number of ether oxygens (including phenoxy) is 4. The van der Waals surface area contributed by atoms with Crippen molar-refractivity contribution in [1.29, 1.82) is 0 Å². The molecular formula is C23H16O10. The molecule has 10 nitrogen and oxygen atoms in total. The molecule has 3 rings (SSSR count). The molecular weight excluding hydrogens is 436 g/mol. The van der Waals surface area contributed by atoms with Crippen LogP contribution in [0.15, 0.2) is 66.7 Å². The highest BCUT2D eigenvalue weighted by atomic mass is 16.7. The molecule has 33 heavy (non-hydrogen) atoms. The third-order valence-electron chi connectivity index (χ3n) is 4.15. The van der Waals surface area contributed by atoms with E-state index in [1.165, 1.54) is 66.7 Å². The summed E-state index contributed by atoms with van der Waals surface area (Å²) in [6.07, 6.45) is -2.93. The van der Waals surface area contributed by atoms with E-state index < -0.39 is 24.2 Å². The summed E-state index contributed by atoms with van der Waals surface area (Å²) in [6.45, 7) is 1.65. The predicted octanol–water partition coefficient (Wildman–Crippen LogP) is 4.55. The Hall–Kier alpha value is -4.86. The molecule has 0 unspecified atom stereocenters. The van der Waals surface area contributed by atoms with Crippen molar-refractivity contribution >= 4 is 24.2 Å². The fourth-order valence-electron chi connectivity index (χ4n) is 2.64. The van der Waals surface area contributed by atoms with Gasteiger partial charge >= 0.3 is 24.2 Å². The molecule has 3 aromatic carbocycles. The van der Waals surface area contributed by atoms with Gasteiger partial charge in [-0.3, -0.25) is 0 Å². The van der Waals surface area contributed by atoms with Gasteiger partial charge in [0.15, 0.2) is 0 Å². The summed E-state index contributed by atoms with van der Waals surface area (Å²) in [5, 5.41) is 17.2. The molecule has 0 radical (unpaired) electrons. The summed E-state index contributed by atoms with van der Waals surface area (Å²) in [5.74, 6) is -0.784. The minimum absolute atomic E-state index is 0.0603. The molecule has 0 fully saturated rings. The second-order valence-electron chi connectivity index (χ2n) is 6.49. The van der Waals surface area contributed by atoms with Crippen LogP contribution in [0.1, 0.15) is 26.3 Å². The van der Waals surface area contributed by atoms with Gasteiger partial charge in [0.05, 0.1) is 11.1 Å². The molecule has 0 heterocycles. The molecule has 0 aromatic heterocycles. The molecule has 0 saturated heterocycles. The monoisotopic (exact) mass is 452 g/mol. The predicted molar refractivity (Wildman–Crippen MR) is 111 cm³/mol. The lowest BCUT2D eigenvalue weighted by Gasteiger charge is -2.10. The topological polar surface area (TPSA) is 146 Å². The zero-order valence-corrected chi connectivity index (χ0v) is 17.0. The number of carbonyl (C=O) groups excluding carboxylic acids is 2. The van der Waals surface area contributed by atoms with E-state index in [0.29, 0.717) is 5.56 Å². The Morgan fingerprint density at radius 2 is 1.00 bits per heavy atom. The van der Waals surface area contributed by atoms with Gasteiger partial charge in [0.2, 0.25) is 0 Å². The Kier molecular flexibility index (Phi) is 6.89. The standard InChI is InChI=1S/C23H16O10/c1-13-12-18(30-20(24)14-2-6-16(7-3-14)31-22(26)27)10-11-19(13)33-21(25)15-4-8-17(9-5-15)32-23(28)29/h2-12H,1H3,(H,26,27)(H,28,29). The van der Waals surface area contributed by atoms with Crippen molar-refractivity contribution in [3.8, 4) is 23.0 Å². The number of carbonyl (C=O) groups is 4. The lowest BCUT2D eigenvalue weighted by Crippen LogP contribution is -2.11. The Morgan fingerprint density at radius 3 is 1.42 bits per heavy atom. The fourth-order valence-corrected chi connectivity index (χ4v) is 2.64. The van der Waals surface area contributed by atoms with Gasteiger partial charge in [-0.05, 0) is 79.2 Å². The largest absolute Gasteiger partial charge is 0.511 e. The van der Waals surface area contributed by atoms with E-state index in [0.717, 1.165) is 0 Å². The fraction of sp³-hybridized carbons (Fsp3) is 0.0435. The number of esters is 2. The van der Waals surface area contributed by atoms with E-state index in [2.05, 4.69) is 9.47 Å². The van der Waals surface area contributed by atoms with Crippen molar-refractivity contribution in [2.24, 2.45) is 0 Å². The maximum atomic E-state index is 12.3. The van der Waals surface area contributed by atoms with Crippen LogP contribution in [0.5, 0.6) is 23.0 Å². The van der Waals surface area contributed by atoms with Crippen LogP contribution >= 0.6 is 0 Å². The van der Waals surface area contributed by atoms with E-state index in [9.17, 15) is 19.2 Å². The summed E-state index contributed by atoms with van der Waals surface area (Å²) < 4.78 is 19.6. The highest BCUT2D eigenvalue weighted by Crippen LogP contribution is 2.25. The smallest absolute Gasteiger partial charge is 0.449 e. The normalized spacial score (nSPS) is 10.1. The molecule has 0 aliphatic carbocycles. The zero-order valence-electron chi connectivity index (χ0n) is 17.0. The number of benzene rings is 3. The molecule has 0 amide bonds. The van der Waals surface area contributed by atoms with Crippen molar-refractivity contribution in [2.45, 2.75) is 6.92 Å². The Morgan fingerprint density at radius 1 is 0.576 bits per heavy atom. The van der Waals surface area contributed by atoms with Crippen LogP contribution in [0.25, 0.3) is 0 Å². The van der Waals surface area contributed by atoms with E-state index >= 15 is 0 Å². The number of rotatable bonds is 6. The summed E-state index contributed by atoms with van der Waals surface area (Å²) in [4.78, 5) is 45.7. The molecule has 0 aliphatic heterocycles. The van der Waals surface area contributed by atoms with E-state index in [-0.39, 0.29) is 34.1 Å². The second kappa shape index (κ2) is 9.96. The lowest BCUT2D eigenvalue weighted by molar-refractivity contribution is 0.0718. The quantitative estimate of drug-likeness (QED) is 0.310. The second-order valence-corrected chi connectivity index (χ2v) is 6.49. The Balaban J connectivity index is 1.63. The first-order chi connectivity index (χ1) is 15.7. The maximum absolute atomic E-state index is 12.3. The SMILES string of the molecule is Cc1cc(OC(=O)c2ccc(OC(=O)O)cc2)ccc1OC(=O)c1ccc(OC(=O)O)cc1. The van der Waals surface area contributed by atoms with Crippen molar-refractivity contribution in [3.63, 3.8) is 0 Å². The van der Waals surface area contributed by atoms with Gasteiger partial charge in [0.1, 0.15) is 23.0 Å². The molecule has 0 saturated carbocycles. The van der Waals surface area contributed by atoms with Crippen LogP contribution in [-0.4, -0.2) is 34.5 Å². The number of carboxylic acid groups (broad SMARTS) is 2. The summed E-state index contributed by atoms with van der Waals surface area (Å²) in [5.41, 5.74) is 0.874. The first-order valence-corrected chi connectivity index (χ1v) is 9.28. The Bertz CT molecular complexity index is 1200. The first-order valence-electron chi connectivity index (χ1n) is 9.28. The third kappa shape index (κ3) is 6.31. The van der Waals surface area contributed by atoms with E-state index in [1.54, 1.807) is 6.92 Å². The molecule has 10 heteroatoms. The van der Waals surface area contributed by atoms with Crippen LogP contribution in [0.3, 0.4) is 0 Å². The minimum atomic E-state index is -1.47. The summed E-state index contributed by atoms with van der Waals surface area (Å²) in [7, 11) is 0. The van der Waals surface area contributed by atoms with Gasteiger partial charge in [-0.1, -0.05) is 0 Å². The van der Waals surface area contributed by atoms with Crippen molar-refractivity contribution in [3.05, 3.63) is 83.4 Å². The van der Waals surface area contributed by atoms with Gasteiger partial charge in [-0.25, -0.2) is 19.2 Å². The van der Waals surface area contributed by atoms with Gasteiger partial charge in [-0.15, -0.1) is 0 Å². The van der Waals surface area contributed by atoms with Crippen LogP contribution in [0, 0.1) is 6.92 Å². The van der Waals surface area contributed by atoms with Crippen LogP contribution in [0.2, 0.25) is 0 Å². The number of aryl methyl sites for hydroxylation is 1. The number of hydrogen-bond donors (Lipinski definition) is 2. The van der Waals surface area contributed by atoms with Crippen molar-refractivity contribution < 1.29 is 48.3 Å². The average Bonchev–Trinajstić information content (AvgIpc) is 2.75. The number of hydrogen-bond acceptors (Lipinski definition) is 8. The van der Waals surface area contributed by atoms with Gasteiger partial charge in [0.25, 0.3) is 0 Å². The van der Waals surface area contributed by atoms with Crippen LogP contribution in [0.4, 0.5) is 9.59 Å². The molecule has 168 valence electrons. The molecule has 0 bridgehead atoms. The Labute approximate surface area is 186 Å². The van der Waals surface area contributed by atoms with Crippen LogP contribution < -0.4 is 18.9 Å². The molecule has 0 aliphatic rings. The zero-order chi connectivity index (χ0) is 24.0. The summed E-state index contributed by atoms with van der Waals surface area (Å²) >= 11 is 0. The van der Waals surface area contributed by atoms with Crippen LogP contribution in [-0.2, 0) is 0 Å². The highest BCUT2D eigenvalue weighted by Gasteiger charge is 2.14. The van der Waals surface area contributed by atoms with Gasteiger partial charge < -0.3 is 29.2 Å². The average molecular weight is 452 g/mol. The molecule has 3 aromatic rings. The minimum Gasteiger partial charge on any atom is -0.449 e. The molecule has 2 N–H and O–H groups in total. The molecule has 0 atom stereocenters. The molecule has 0 spiro atoms. The lowest BCUT2D eigenvalue weighted by atomic mass is 10.2. The van der Waals surface area contributed by atoms with Gasteiger partial charge in [-0.2, -0.15) is 0 Å². The van der Waals surface area contributed by atoms with Crippen molar-refractivity contribution in [2.75, 3.05) is 0 Å². The third-order valence-corrected chi connectivity index (χ3v) is 4.15. The highest BCUT2D eigenvalue weighted by molar-refractivity contribution is 5.92. The first kappa shape index (κ1) is 22.8. The summed E-state index contributed by atoms with van der Waals surface area (Å²) in [6, 6.07) is 15.1. The van der Waals surface area contributed by atoms with Crippen molar-refractivity contribution in [1.82, 2.24) is 0 Å². The van der Waals surface area contributed by atoms with E-state index in [1.807, 2.05) is 0 Å². The van der Waals surface area contributed by atoms with E-state index in [4.69, 9.17) is 19.7 Å².